The van der Waals surface area contributed by atoms with Crippen molar-refractivity contribution in [2.75, 3.05) is 0 Å². The SMILES string of the molecule is CC(C)C.Cn1nn[nH]c1=O. The van der Waals surface area contributed by atoms with Crippen molar-refractivity contribution in [1.29, 1.82) is 0 Å². The van der Waals surface area contributed by atoms with Gasteiger partial charge in [-0.15, -0.1) is 0 Å². The standard InChI is InChI=1S/C4H10.C2H4N4O/c1-4(2)3;1-6-2(7)3-4-5-6/h4H,1-3H3;1H3,(H,3,5,7). The minimum atomic E-state index is -0.292. The molecule has 5 heteroatoms. The van der Waals surface area contributed by atoms with Crippen molar-refractivity contribution >= 4 is 0 Å². The normalized spacial score (nSPS) is 9.18. The van der Waals surface area contributed by atoms with E-state index in [1.165, 1.54) is 7.05 Å². The highest BCUT2D eigenvalue weighted by atomic mass is 16.2. The van der Waals surface area contributed by atoms with E-state index in [4.69, 9.17) is 0 Å². The molecule has 1 N–H and O–H groups in total. The number of nitrogens with zero attached hydrogens (tertiary/aromatic N) is 3. The Morgan fingerprint density at radius 3 is 2.00 bits per heavy atom. The zero-order valence-electron chi connectivity index (χ0n) is 7.33. The van der Waals surface area contributed by atoms with Crippen LogP contribution in [0.25, 0.3) is 0 Å². The Balaban J connectivity index is 0.000000218. The van der Waals surface area contributed by atoms with E-state index in [0.29, 0.717) is 0 Å². The molecule has 0 radical (unpaired) electrons. The zero-order valence-corrected chi connectivity index (χ0v) is 7.33. The molecule has 1 heterocycles. The lowest BCUT2D eigenvalue weighted by atomic mass is 10.3. The summed E-state index contributed by atoms with van der Waals surface area (Å²) in [5.74, 6) is 0.833. The van der Waals surface area contributed by atoms with Gasteiger partial charge in [-0.2, -0.15) is 4.68 Å². The van der Waals surface area contributed by atoms with Crippen LogP contribution in [0.15, 0.2) is 4.79 Å². The number of hydrogen-bond acceptors (Lipinski definition) is 3. The second kappa shape index (κ2) is 4.65. The third kappa shape index (κ3) is 5.32. The second-order valence-corrected chi connectivity index (χ2v) is 2.86. The predicted octanol–water partition coefficient (Wildman–Crippen LogP) is 0.166. The van der Waals surface area contributed by atoms with E-state index in [2.05, 4.69) is 36.3 Å². The first-order valence-corrected chi connectivity index (χ1v) is 3.48. The maximum atomic E-state index is 10.2. The van der Waals surface area contributed by atoms with Crippen LogP contribution in [-0.4, -0.2) is 20.2 Å². The molecule has 0 bridgehead atoms. The minimum Gasteiger partial charge on any atom is -0.245 e. The molecule has 5 nitrogen and oxygen atoms in total. The van der Waals surface area contributed by atoms with Crippen LogP contribution >= 0.6 is 0 Å². The molecule has 0 aliphatic rings. The molecule has 0 spiro atoms. The summed E-state index contributed by atoms with van der Waals surface area (Å²) in [4.78, 5) is 10.2. The average Bonchev–Trinajstić information content (AvgIpc) is 2.15. The van der Waals surface area contributed by atoms with Crippen molar-refractivity contribution in [1.82, 2.24) is 20.2 Å². The third-order valence-corrected chi connectivity index (χ3v) is 0.618. The Kier molecular flexibility index (Phi) is 4.17. The van der Waals surface area contributed by atoms with Gasteiger partial charge in [-0.25, -0.2) is 9.89 Å². The van der Waals surface area contributed by atoms with Crippen LogP contribution in [0.2, 0.25) is 0 Å². The third-order valence-electron chi connectivity index (χ3n) is 0.618. The highest BCUT2D eigenvalue weighted by Gasteiger charge is 1.84. The summed E-state index contributed by atoms with van der Waals surface area (Å²) in [6.07, 6.45) is 0. The molecular formula is C6H14N4O. The van der Waals surface area contributed by atoms with Gasteiger partial charge < -0.3 is 0 Å². The van der Waals surface area contributed by atoms with Crippen LogP contribution in [0.1, 0.15) is 20.8 Å². The van der Waals surface area contributed by atoms with Crippen molar-refractivity contribution in [2.24, 2.45) is 13.0 Å². The zero-order chi connectivity index (χ0) is 8.85. The Labute approximate surface area is 65.4 Å². The summed E-state index contributed by atoms with van der Waals surface area (Å²) in [5.41, 5.74) is -0.292. The van der Waals surface area contributed by atoms with Gasteiger partial charge in [0.25, 0.3) is 0 Å². The Morgan fingerprint density at radius 2 is 1.91 bits per heavy atom. The molecule has 0 aliphatic heterocycles. The van der Waals surface area contributed by atoms with Crippen LogP contribution in [0, 0.1) is 5.92 Å². The van der Waals surface area contributed by atoms with Crippen LogP contribution < -0.4 is 5.69 Å². The first-order chi connectivity index (χ1) is 5.04. The first-order valence-electron chi connectivity index (χ1n) is 3.48. The number of aromatic nitrogens is 4. The Morgan fingerprint density at radius 1 is 1.45 bits per heavy atom. The number of aryl methyl sites for hydroxylation is 1. The van der Waals surface area contributed by atoms with Gasteiger partial charge in [-0.05, 0) is 16.3 Å². The molecular weight excluding hydrogens is 144 g/mol. The van der Waals surface area contributed by atoms with Gasteiger partial charge in [0.05, 0.1) is 0 Å². The number of nitrogens with one attached hydrogen (secondary N) is 1. The molecule has 0 fully saturated rings. The fourth-order valence-electron chi connectivity index (χ4n) is 0.245. The van der Waals surface area contributed by atoms with Crippen molar-refractivity contribution in [3.63, 3.8) is 0 Å². The fourth-order valence-corrected chi connectivity index (χ4v) is 0.245. The minimum absolute atomic E-state index is 0.292. The van der Waals surface area contributed by atoms with Crippen molar-refractivity contribution in [3.05, 3.63) is 10.5 Å². The molecule has 64 valence electrons. The summed E-state index contributed by atoms with van der Waals surface area (Å²) in [7, 11) is 1.52. The molecule has 0 saturated heterocycles. The molecule has 0 saturated carbocycles. The summed E-state index contributed by atoms with van der Waals surface area (Å²) in [6, 6.07) is 0. The maximum Gasteiger partial charge on any atom is 0.360 e. The van der Waals surface area contributed by atoms with Crippen LogP contribution in [0.5, 0.6) is 0 Å². The fraction of sp³-hybridized carbons (Fsp3) is 0.833. The Bertz CT molecular complexity index is 234. The van der Waals surface area contributed by atoms with E-state index in [9.17, 15) is 4.79 Å². The van der Waals surface area contributed by atoms with Gasteiger partial charge in [0.2, 0.25) is 0 Å². The van der Waals surface area contributed by atoms with Crippen LogP contribution in [-0.2, 0) is 7.05 Å². The number of rotatable bonds is 0. The highest BCUT2D eigenvalue weighted by molar-refractivity contribution is 4.43. The molecule has 0 aromatic carbocycles. The van der Waals surface area contributed by atoms with Gasteiger partial charge in [-0.1, -0.05) is 20.8 Å². The van der Waals surface area contributed by atoms with E-state index < -0.39 is 0 Å². The van der Waals surface area contributed by atoms with Gasteiger partial charge in [-0.3, -0.25) is 0 Å². The summed E-state index contributed by atoms with van der Waals surface area (Å²) < 4.78 is 1.11. The lowest BCUT2D eigenvalue weighted by Crippen LogP contribution is -2.13. The van der Waals surface area contributed by atoms with Crippen LogP contribution in [0.3, 0.4) is 0 Å². The molecule has 1 rings (SSSR count). The van der Waals surface area contributed by atoms with E-state index in [1.54, 1.807) is 0 Å². The first kappa shape index (κ1) is 9.87. The molecule has 0 aliphatic carbocycles. The number of hydrogen-bond donors (Lipinski definition) is 1. The van der Waals surface area contributed by atoms with Crippen molar-refractivity contribution < 1.29 is 0 Å². The molecule has 0 atom stereocenters. The Hall–Kier alpha value is -1.13. The summed E-state index contributed by atoms with van der Waals surface area (Å²) >= 11 is 0. The maximum absolute atomic E-state index is 10.2. The highest BCUT2D eigenvalue weighted by Crippen LogP contribution is 1.81. The lowest BCUT2D eigenvalue weighted by Gasteiger charge is -1.79. The number of aromatic amines is 1. The van der Waals surface area contributed by atoms with E-state index >= 15 is 0 Å². The van der Waals surface area contributed by atoms with E-state index in [0.717, 1.165) is 10.6 Å². The molecule has 1 aromatic heterocycles. The lowest BCUT2D eigenvalue weighted by molar-refractivity contribution is 0.695. The van der Waals surface area contributed by atoms with E-state index in [-0.39, 0.29) is 5.69 Å². The van der Waals surface area contributed by atoms with Gasteiger partial charge in [0.15, 0.2) is 0 Å². The van der Waals surface area contributed by atoms with Gasteiger partial charge in [0.1, 0.15) is 0 Å². The largest absolute Gasteiger partial charge is 0.360 e. The molecule has 0 amide bonds. The monoisotopic (exact) mass is 158 g/mol. The predicted molar refractivity (Wildman–Crippen MR) is 42.1 cm³/mol. The topological polar surface area (TPSA) is 63.6 Å². The van der Waals surface area contributed by atoms with Gasteiger partial charge in [0, 0.05) is 7.05 Å². The van der Waals surface area contributed by atoms with E-state index in [1.807, 2.05) is 0 Å². The quantitative estimate of drug-likeness (QED) is 0.585. The second-order valence-electron chi connectivity index (χ2n) is 2.86. The number of H-pyrrole nitrogens is 1. The summed E-state index contributed by atoms with van der Waals surface area (Å²) in [5, 5.41) is 8.63. The van der Waals surface area contributed by atoms with Crippen molar-refractivity contribution in [3.8, 4) is 0 Å². The molecule has 1 aromatic rings. The van der Waals surface area contributed by atoms with Crippen molar-refractivity contribution in [2.45, 2.75) is 20.8 Å². The molecule has 0 unspecified atom stereocenters. The number of tetrazole rings is 1. The van der Waals surface area contributed by atoms with Gasteiger partial charge >= 0.3 is 5.69 Å². The smallest absolute Gasteiger partial charge is 0.245 e. The summed E-state index contributed by atoms with van der Waals surface area (Å²) in [6.45, 7) is 6.50. The van der Waals surface area contributed by atoms with Crippen LogP contribution in [0.4, 0.5) is 0 Å². The average molecular weight is 158 g/mol. The molecule has 11 heavy (non-hydrogen) atoms.